The summed E-state index contributed by atoms with van der Waals surface area (Å²) in [6.07, 6.45) is -0.779. The summed E-state index contributed by atoms with van der Waals surface area (Å²) in [5, 5.41) is 3.37. The third-order valence-corrected chi connectivity index (χ3v) is 4.88. The fourth-order valence-corrected chi connectivity index (χ4v) is 2.83. The largest absolute Gasteiger partial charge is 0.479 e. The number of rotatable bonds is 6. The van der Waals surface area contributed by atoms with E-state index in [1.165, 1.54) is 0 Å². The molecule has 6 heteroatoms. The lowest BCUT2D eigenvalue weighted by Gasteiger charge is -2.16. The molecule has 0 aliphatic carbocycles. The summed E-state index contributed by atoms with van der Waals surface area (Å²) in [4.78, 5) is 24.7. The van der Waals surface area contributed by atoms with Crippen LogP contribution in [0.1, 0.15) is 28.4 Å². The molecule has 0 aromatic heterocycles. The van der Waals surface area contributed by atoms with Crippen LogP contribution in [-0.4, -0.2) is 18.0 Å². The Bertz CT molecular complexity index is 1050. The number of carbonyl (C=O) groups excluding carboxylic acids is 2. The Labute approximate surface area is 180 Å². The second-order valence-corrected chi connectivity index (χ2v) is 7.30. The molecule has 3 aromatic rings. The molecule has 154 valence electrons. The highest BCUT2D eigenvalue weighted by Crippen LogP contribution is 2.22. The van der Waals surface area contributed by atoms with Crippen molar-refractivity contribution in [2.75, 3.05) is 5.32 Å². The van der Waals surface area contributed by atoms with Gasteiger partial charge in [0.05, 0.1) is 0 Å². The predicted molar refractivity (Wildman–Crippen MR) is 117 cm³/mol. The second-order valence-electron chi connectivity index (χ2n) is 6.86. The Hall–Kier alpha value is -3.31. The van der Waals surface area contributed by atoms with Crippen LogP contribution in [0.15, 0.2) is 66.7 Å². The van der Waals surface area contributed by atoms with E-state index in [1.54, 1.807) is 55.5 Å². The molecule has 5 nitrogen and oxygen atoms in total. The topological polar surface area (TPSA) is 64.6 Å². The molecular formula is C24H22ClNO4. The first-order chi connectivity index (χ1) is 14.3. The van der Waals surface area contributed by atoms with Gasteiger partial charge in [-0.05, 0) is 86.5 Å². The van der Waals surface area contributed by atoms with E-state index in [4.69, 9.17) is 21.1 Å². The molecule has 0 aliphatic heterocycles. The number of ether oxygens (including phenoxy) is 2. The summed E-state index contributed by atoms with van der Waals surface area (Å²) in [5.41, 5.74) is 3.13. The minimum Gasteiger partial charge on any atom is -0.479 e. The number of halogens is 1. The van der Waals surface area contributed by atoms with Gasteiger partial charge in [0.2, 0.25) is 0 Å². The van der Waals surface area contributed by atoms with Crippen LogP contribution in [0.25, 0.3) is 0 Å². The molecule has 0 bridgehead atoms. The van der Waals surface area contributed by atoms with Gasteiger partial charge in [0, 0.05) is 16.3 Å². The zero-order valence-corrected chi connectivity index (χ0v) is 17.7. The van der Waals surface area contributed by atoms with Gasteiger partial charge in [-0.2, -0.15) is 0 Å². The number of benzene rings is 3. The quantitative estimate of drug-likeness (QED) is 0.415. The van der Waals surface area contributed by atoms with E-state index in [2.05, 4.69) is 5.32 Å². The molecule has 0 radical (unpaired) electrons. The van der Waals surface area contributed by atoms with Gasteiger partial charge < -0.3 is 14.8 Å². The van der Waals surface area contributed by atoms with Gasteiger partial charge in [-0.1, -0.05) is 23.7 Å². The average molecular weight is 424 g/mol. The summed E-state index contributed by atoms with van der Waals surface area (Å²) in [7, 11) is 0. The van der Waals surface area contributed by atoms with E-state index < -0.39 is 12.1 Å². The fraction of sp³-hybridized carbons (Fsp3) is 0.167. The Morgan fingerprint density at radius 3 is 2.27 bits per heavy atom. The van der Waals surface area contributed by atoms with E-state index in [9.17, 15) is 9.59 Å². The monoisotopic (exact) mass is 423 g/mol. The minimum atomic E-state index is -0.779. The van der Waals surface area contributed by atoms with Crippen molar-refractivity contribution in [2.45, 2.75) is 26.9 Å². The zero-order chi connectivity index (χ0) is 21.7. The van der Waals surface area contributed by atoms with Crippen LogP contribution in [0.3, 0.4) is 0 Å². The standard InChI is InChI=1S/C24H22ClNO4/c1-15-5-4-6-22(16(15)2)29-17(3)24(28)30-21-13-7-18(8-14-21)23(27)26-20-11-9-19(25)10-12-20/h4-14,17H,1-3H3,(H,26,27). The van der Waals surface area contributed by atoms with Crippen molar-refractivity contribution in [3.63, 3.8) is 0 Å². The van der Waals surface area contributed by atoms with Gasteiger partial charge in [-0.3, -0.25) is 4.79 Å². The van der Waals surface area contributed by atoms with E-state index in [1.807, 2.05) is 32.0 Å². The van der Waals surface area contributed by atoms with E-state index in [0.717, 1.165) is 11.1 Å². The molecule has 1 atom stereocenters. The number of anilines is 1. The lowest BCUT2D eigenvalue weighted by Crippen LogP contribution is -2.28. The number of amides is 1. The molecule has 30 heavy (non-hydrogen) atoms. The molecule has 0 heterocycles. The highest BCUT2D eigenvalue weighted by molar-refractivity contribution is 6.30. The molecular weight excluding hydrogens is 402 g/mol. The van der Waals surface area contributed by atoms with Crippen LogP contribution in [0.4, 0.5) is 5.69 Å². The molecule has 0 saturated heterocycles. The van der Waals surface area contributed by atoms with Crippen LogP contribution in [-0.2, 0) is 4.79 Å². The van der Waals surface area contributed by atoms with Crippen LogP contribution in [0.2, 0.25) is 5.02 Å². The van der Waals surface area contributed by atoms with Crippen molar-refractivity contribution in [3.8, 4) is 11.5 Å². The normalized spacial score (nSPS) is 11.5. The molecule has 0 fully saturated rings. The van der Waals surface area contributed by atoms with Crippen LogP contribution in [0, 0.1) is 13.8 Å². The number of esters is 1. The summed E-state index contributed by atoms with van der Waals surface area (Å²) >= 11 is 5.84. The van der Waals surface area contributed by atoms with E-state index in [-0.39, 0.29) is 5.91 Å². The third kappa shape index (κ3) is 5.39. The molecule has 3 rings (SSSR count). The van der Waals surface area contributed by atoms with Gasteiger partial charge in [0.15, 0.2) is 6.10 Å². The third-order valence-electron chi connectivity index (χ3n) is 4.63. The van der Waals surface area contributed by atoms with Gasteiger partial charge in [-0.15, -0.1) is 0 Å². The van der Waals surface area contributed by atoms with E-state index >= 15 is 0 Å². The molecule has 0 saturated carbocycles. The van der Waals surface area contributed by atoms with Crippen molar-refractivity contribution >= 4 is 29.2 Å². The smallest absolute Gasteiger partial charge is 0.352 e. The first-order valence-corrected chi connectivity index (χ1v) is 9.83. The highest BCUT2D eigenvalue weighted by atomic mass is 35.5. The Morgan fingerprint density at radius 2 is 1.60 bits per heavy atom. The number of carbonyl (C=O) groups is 2. The summed E-state index contributed by atoms with van der Waals surface area (Å²) in [6.45, 7) is 5.56. The molecule has 0 spiro atoms. The van der Waals surface area contributed by atoms with Crippen LogP contribution in [0.5, 0.6) is 11.5 Å². The van der Waals surface area contributed by atoms with Gasteiger partial charge in [-0.25, -0.2) is 4.79 Å². The molecule has 1 amide bonds. The van der Waals surface area contributed by atoms with Crippen molar-refractivity contribution < 1.29 is 19.1 Å². The molecule has 0 aliphatic rings. The van der Waals surface area contributed by atoms with E-state index in [0.29, 0.717) is 27.8 Å². The average Bonchev–Trinajstić information content (AvgIpc) is 2.73. The fourth-order valence-electron chi connectivity index (χ4n) is 2.70. The highest BCUT2D eigenvalue weighted by Gasteiger charge is 2.19. The van der Waals surface area contributed by atoms with Crippen LogP contribution >= 0.6 is 11.6 Å². The molecule has 1 N–H and O–H groups in total. The maximum absolute atomic E-state index is 12.4. The lowest BCUT2D eigenvalue weighted by atomic mass is 10.1. The first kappa shape index (κ1) is 21.4. The Morgan fingerprint density at radius 1 is 0.933 bits per heavy atom. The van der Waals surface area contributed by atoms with Gasteiger partial charge >= 0.3 is 5.97 Å². The summed E-state index contributed by atoms with van der Waals surface area (Å²) < 4.78 is 11.1. The van der Waals surface area contributed by atoms with Gasteiger partial charge in [0.25, 0.3) is 5.91 Å². The number of aryl methyl sites for hydroxylation is 1. The molecule has 1 unspecified atom stereocenters. The van der Waals surface area contributed by atoms with Crippen molar-refractivity contribution in [3.05, 3.63) is 88.4 Å². The van der Waals surface area contributed by atoms with Crippen LogP contribution < -0.4 is 14.8 Å². The maximum atomic E-state index is 12.4. The van der Waals surface area contributed by atoms with Crippen molar-refractivity contribution in [1.82, 2.24) is 0 Å². The summed E-state index contributed by atoms with van der Waals surface area (Å²) in [5.74, 6) is 0.184. The molecule has 3 aromatic carbocycles. The number of nitrogens with one attached hydrogen (secondary N) is 1. The van der Waals surface area contributed by atoms with Crippen molar-refractivity contribution in [2.24, 2.45) is 0 Å². The maximum Gasteiger partial charge on any atom is 0.352 e. The predicted octanol–water partition coefficient (Wildman–Crippen LogP) is 5.58. The van der Waals surface area contributed by atoms with Crippen molar-refractivity contribution in [1.29, 1.82) is 0 Å². The van der Waals surface area contributed by atoms with Gasteiger partial charge in [0.1, 0.15) is 11.5 Å². The lowest BCUT2D eigenvalue weighted by molar-refractivity contribution is -0.141. The SMILES string of the molecule is Cc1cccc(OC(C)C(=O)Oc2ccc(C(=O)Nc3ccc(Cl)cc3)cc2)c1C. The minimum absolute atomic E-state index is 0.276. The number of hydrogen-bond acceptors (Lipinski definition) is 4. The second kappa shape index (κ2) is 9.46. The Kier molecular flexibility index (Phi) is 6.75. The summed E-state index contributed by atoms with van der Waals surface area (Å²) in [6, 6.07) is 18.8. The first-order valence-electron chi connectivity index (χ1n) is 9.45. The Balaban J connectivity index is 1.59. The number of hydrogen-bond donors (Lipinski definition) is 1. The zero-order valence-electron chi connectivity index (χ0n) is 16.9.